The summed E-state index contributed by atoms with van der Waals surface area (Å²) >= 11 is 1.86. The Labute approximate surface area is 88.0 Å². The van der Waals surface area contributed by atoms with Crippen molar-refractivity contribution in [2.45, 2.75) is 26.7 Å². The third-order valence-corrected chi connectivity index (χ3v) is 3.83. The summed E-state index contributed by atoms with van der Waals surface area (Å²) < 4.78 is 0. The Morgan fingerprint density at radius 3 is 2.79 bits per heavy atom. The fraction of sp³-hybridized carbons (Fsp3) is 0.364. The second kappa shape index (κ2) is 3.96. The van der Waals surface area contributed by atoms with Gasteiger partial charge in [-0.1, -0.05) is 0 Å². The molecular formula is C11H14N2S. The first-order valence-corrected chi connectivity index (χ1v) is 5.66. The number of aryl methyl sites for hydroxylation is 3. The first-order valence-electron chi connectivity index (χ1n) is 4.78. The Balaban J connectivity index is 2.02. The first-order chi connectivity index (χ1) is 6.77. The van der Waals surface area contributed by atoms with Gasteiger partial charge in [-0.15, -0.1) is 11.3 Å². The number of imidazole rings is 1. The van der Waals surface area contributed by atoms with E-state index in [1.807, 2.05) is 17.5 Å². The molecule has 3 heteroatoms. The van der Waals surface area contributed by atoms with Gasteiger partial charge in [-0.05, 0) is 43.2 Å². The highest BCUT2D eigenvalue weighted by Crippen LogP contribution is 2.22. The van der Waals surface area contributed by atoms with Gasteiger partial charge in [0.25, 0.3) is 0 Å². The average molecular weight is 206 g/mol. The molecule has 14 heavy (non-hydrogen) atoms. The van der Waals surface area contributed by atoms with Gasteiger partial charge in [0.2, 0.25) is 0 Å². The summed E-state index contributed by atoms with van der Waals surface area (Å²) in [7, 11) is 0. The molecule has 74 valence electrons. The lowest BCUT2D eigenvalue weighted by atomic mass is 10.1. The molecule has 0 atom stereocenters. The summed E-state index contributed by atoms with van der Waals surface area (Å²) in [6, 6.07) is 0. The summed E-state index contributed by atoms with van der Waals surface area (Å²) in [4.78, 5) is 8.63. The van der Waals surface area contributed by atoms with E-state index in [4.69, 9.17) is 0 Å². The molecule has 0 saturated carbocycles. The highest BCUT2D eigenvalue weighted by Gasteiger charge is 2.04. The van der Waals surface area contributed by atoms with Gasteiger partial charge in [0.1, 0.15) is 0 Å². The van der Waals surface area contributed by atoms with Crippen LogP contribution in [0.3, 0.4) is 0 Å². The normalized spacial score (nSPS) is 10.7. The Hall–Kier alpha value is -1.09. The fourth-order valence-electron chi connectivity index (χ4n) is 1.47. The molecule has 0 aliphatic rings. The number of nitrogens with zero attached hydrogens (tertiary/aromatic N) is 1. The molecule has 2 aromatic rings. The number of nitrogens with one attached hydrogen (secondary N) is 1. The van der Waals surface area contributed by atoms with Crippen LogP contribution in [0.15, 0.2) is 17.9 Å². The van der Waals surface area contributed by atoms with E-state index < -0.39 is 0 Å². The molecule has 2 aromatic heterocycles. The minimum Gasteiger partial charge on any atom is -0.348 e. The van der Waals surface area contributed by atoms with Gasteiger partial charge in [-0.2, -0.15) is 0 Å². The number of hydrogen-bond donors (Lipinski definition) is 1. The molecule has 0 radical (unpaired) electrons. The van der Waals surface area contributed by atoms with Gasteiger partial charge >= 0.3 is 0 Å². The molecule has 0 amide bonds. The summed E-state index contributed by atoms with van der Waals surface area (Å²) in [6.07, 6.45) is 5.81. The molecule has 2 rings (SSSR count). The number of rotatable bonds is 3. The van der Waals surface area contributed by atoms with Crippen molar-refractivity contribution in [2.24, 2.45) is 0 Å². The maximum Gasteiger partial charge on any atom is 0.0921 e. The molecule has 2 heterocycles. The van der Waals surface area contributed by atoms with Crippen molar-refractivity contribution in [3.8, 4) is 0 Å². The van der Waals surface area contributed by atoms with E-state index in [2.05, 4.69) is 29.2 Å². The predicted molar refractivity (Wildman–Crippen MR) is 59.8 cm³/mol. The highest BCUT2D eigenvalue weighted by molar-refractivity contribution is 7.10. The standard InChI is InChI=1S/C11H14N2S/c1-8-6-14-11(9(8)2)4-3-10-5-12-7-13-10/h5-7H,3-4H2,1-2H3,(H,12,13). The smallest absolute Gasteiger partial charge is 0.0921 e. The SMILES string of the molecule is Cc1csc(CCc2cnc[nH]2)c1C. The zero-order valence-electron chi connectivity index (χ0n) is 8.50. The highest BCUT2D eigenvalue weighted by atomic mass is 32.1. The van der Waals surface area contributed by atoms with Gasteiger partial charge in [0, 0.05) is 16.8 Å². The maximum atomic E-state index is 4.01. The molecule has 0 aromatic carbocycles. The van der Waals surface area contributed by atoms with Gasteiger partial charge in [-0.25, -0.2) is 4.98 Å². The van der Waals surface area contributed by atoms with Crippen molar-refractivity contribution >= 4 is 11.3 Å². The van der Waals surface area contributed by atoms with E-state index in [-0.39, 0.29) is 0 Å². The predicted octanol–water partition coefficient (Wildman–Crippen LogP) is 2.87. The van der Waals surface area contributed by atoms with E-state index in [1.165, 1.54) is 21.7 Å². The fourth-order valence-corrected chi connectivity index (χ4v) is 2.53. The van der Waals surface area contributed by atoms with Crippen LogP contribution in [0.1, 0.15) is 21.7 Å². The van der Waals surface area contributed by atoms with Crippen LogP contribution in [0.2, 0.25) is 0 Å². The molecule has 0 spiro atoms. The third-order valence-electron chi connectivity index (χ3n) is 2.56. The van der Waals surface area contributed by atoms with Crippen LogP contribution in [-0.4, -0.2) is 9.97 Å². The molecule has 0 unspecified atom stereocenters. The second-order valence-corrected chi connectivity index (χ2v) is 4.51. The summed E-state index contributed by atoms with van der Waals surface area (Å²) in [5.74, 6) is 0. The topological polar surface area (TPSA) is 28.7 Å². The summed E-state index contributed by atoms with van der Waals surface area (Å²) in [5.41, 5.74) is 4.08. The maximum absolute atomic E-state index is 4.01. The average Bonchev–Trinajstić information content (AvgIpc) is 2.77. The Morgan fingerprint density at radius 1 is 1.36 bits per heavy atom. The molecule has 2 nitrogen and oxygen atoms in total. The van der Waals surface area contributed by atoms with Crippen LogP contribution in [0.5, 0.6) is 0 Å². The lowest BCUT2D eigenvalue weighted by Crippen LogP contribution is -1.90. The molecule has 1 N–H and O–H groups in total. The van der Waals surface area contributed by atoms with Crippen molar-refractivity contribution in [1.82, 2.24) is 9.97 Å². The molecule has 0 aliphatic heterocycles. The number of aromatic amines is 1. The van der Waals surface area contributed by atoms with Crippen molar-refractivity contribution in [3.05, 3.63) is 39.6 Å². The van der Waals surface area contributed by atoms with Gasteiger partial charge in [0.15, 0.2) is 0 Å². The van der Waals surface area contributed by atoms with Gasteiger partial charge in [0.05, 0.1) is 6.33 Å². The van der Waals surface area contributed by atoms with E-state index in [9.17, 15) is 0 Å². The minimum atomic E-state index is 1.06. The van der Waals surface area contributed by atoms with Crippen molar-refractivity contribution in [1.29, 1.82) is 0 Å². The van der Waals surface area contributed by atoms with Crippen molar-refractivity contribution in [3.63, 3.8) is 0 Å². The molecular weight excluding hydrogens is 192 g/mol. The number of aromatic nitrogens is 2. The van der Waals surface area contributed by atoms with Crippen molar-refractivity contribution in [2.75, 3.05) is 0 Å². The van der Waals surface area contributed by atoms with Crippen molar-refractivity contribution < 1.29 is 0 Å². The lowest BCUT2D eigenvalue weighted by molar-refractivity contribution is 0.934. The quantitative estimate of drug-likeness (QED) is 0.822. The Morgan fingerprint density at radius 2 is 2.21 bits per heavy atom. The Kier molecular flexibility index (Phi) is 2.68. The van der Waals surface area contributed by atoms with Gasteiger partial charge < -0.3 is 4.98 Å². The monoisotopic (exact) mass is 206 g/mol. The lowest BCUT2D eigenvalue weighted by Gasteiger charge is -1.98. The molecule has 0 bridgehead atoms. The third kappa shape index (κ3) is 1.87. The molecule has 0 saturated heterocycles. The van der Waals surface area contributed by atoms with Gasteiger partial charge in [-0.3, -0.25) is 0 Å². The molecule has 0 fully saturated rings. The van der Waals surface area contributed by atoms with E-state index in [1.54, 1.807) is 6.33 Å². The van der Waals surface area contributed by atoms with Crippen LogP contribution >= 0.6 is 11.3 Å². The van der Waals surface area contributed by atoms with Crippen LogP contribution in [0.4, 0.5) is 0 Å². The summed E-state index contributed by atoms with van der Waals surface area (Å²) in [5, 5.41) is 2.23. The number of hydrogen-bond acceptors (Lipinski definition) is 2. The second-order valence-electron chi connectivity index (χ2n) is 3.54. The zero-order valence-corrected chi connectivity index (χ0v) is 9.32. The number of H-pyrrole nitrogens is 1. The largest absolute Gasteiger partial charge is 0.348 e. The van der Waals surface area contributed by atoms with Crippen LogP contribution < -0.4 is 0 Å². The zero-order chi connectivity index (χ0) is 9.97. The van der Waals surface area contributed by atoms with Crippen LogP contribution in [0.25, 0.3) is 0 Å². The Bertz CT molecular complexity index is 401. The van der Waals surface area contributed by atoms with E-state index >= 15 is 0 Å². The van der Waals surface area contributed by atoms with Crippen LogP contribution in [-0.2, 0) is 12.8 Å². The molecule has 0 aliphatic carbocycles. The number of thiophene rings is 1. The van der Waals surface area contributed by atoms with E-state index in [0.29, 0.717) is 0 Å². The summed E-state index contributed by atoms with van der Waals surface area (Å²) in [6.45, 7) is 4.37. The van der Waals surface area contributed by atoms with E-state index in [0.717, 1.165) is 12.8 Å². The van der Waals surface area contributed by atoms with Crippen LogP contribution in [0, 0.1) is 13.8 Å². The first kappa shape index (κ1) is 9.46. The minimum absolute atomic E-state index is 1.06.